The highest BCUT2D eigenvalue weighted by atomic mass is 32.2. The first-order valence-corrected chi connectivity index (χ1v) is 13.3. The molecule has 1 N–H and O–H groups in total. The van der Waals surface area contributed by atoms with Crippen LogP contribution in [0.1, 0.15) is 37.1 Å². The second-order valence-electron chi connectivity index (χ2n) is 9.05. The molecule has 7 nitrogen and oxygen atoms in total. The second-order valence-corrected chi connectivity index (χ2v) is 11.0. The van der Waals surface area contributed by atoms with Crippen molar-refractivity contribution in [3.63, 3.8) is 0 Å². The molecule has 0 saturated heterocycles. The number of hydrogen-bond acceptors (Lipinski definition) is 7. The zero-order chi connectivity index (χ0) is 23.2. The SMILES string of the molecule is CC(C)Cc1nc2sc3c(ncn4c(SCC(=O)Nc5ccccc5)nnc34)c2c2c1CCC2. The van der Waals surface area contributed by atoms with Crippen LogP contribution in [-0.2, 0) is 24.1 Å². The molecule has 0 fully saturated rings. The highest BCUT2D eigenvalue weighted by molar-refractivity contribution is 7.99. The van der Waals surface area contributed by atoms with E-state index in [0.717, 1.165) is 45.6 Å². The van der Waals surface area contributed by atoms with Crippen LogP contribution in [-0.4, -0.2) is 36.2 Å². The molecule has 0 aliphatic heterocycles. The Morgan fingerprint density at radius 2 is 2.00 bits per heavy atom. The Kier molecular flexibility index (Phi) is 5.45. The molecule has 5 aromatic rings. The lowest BCUT2D eigenvalue weighted by molar-refractivity contribution is -0.113. The van der Waals surface area contributed by atoms with E-state index in [1.807, 2.05) is 34.7 Å². The lowest BCUT2D eigenvalue weighted by Gasteiger charge is -2.11. The summed E-state index contributed by atoms with van der Waals surface area (Å²) in [5.74, 6) is 0.735. The van der Waals surface area contributed by atoms with Gasteiger partial charge >= 0.3 is 0 Å². The van der Waals surface area contributed by atoms with Gasteiger partial charge < -0.3 is 5.32 Å². The molecule has 4 aromatic heterocycles. The van der Waals surface area contributed by atoms with Crippen LogP contribution in [0.15, 0.2) is 41.8 Å². The van der Waals surface area contributed by atoms with Gasteiger partial charge in [0.1, 0.15) is 15.9 Å². The Bertz CT molecular complexity index is 1540. The van der Waals surface area contributed by atoms with Crippen LogP contribution in [0.25, 0.3) is 26.1 Å². The molecule has 0 unspecified atom stereocenters. The number of nitrogens with one attached hydrogen (secondary N) is 1. The van der Waals surface area contributed by atoms with Gasteiger partial charge in [-0.1, -0.05) is 43.8 Å². The molecular weight excluding hydrogens is 464 g/mol. The molecule has 1 amide bonds. The first-order chi connectivity index (χ1) is 16.6. The Hall–Kier alpha value is -3.04. The number of amides is 1. The quantitative estimate of drug-likeness (QED) is 0.326. The van der Waals surface area contributed by atoms with Crippen LogP contribution in [0.2, 0.25) is 0 Å². The van der Waals surface area contributed by atoms with E-state index in [-0.39, 0.29) is 11.7 Å². The maximum Gasteiger partial charge on any atom is 0.234 e. The number of carbonyl (C=O) groups is 1. The lowest BCUT2D eigenvalue weighted by Crippen LogP contribution is -2.14. The van der Waals surface area contributed by atoms with Gasteiger partial charge in [0.05, 0.1) is 11.3 Å². The van der Waals surface area contributed by atoms with Crippen molar-refractivity contribution in [1.29, 1.82) is 0 Å². The van der Waals surface area contributed by atoms with Crippen molar-refractivity contribution in [3.8, 4) is 0 Å². The third-order valence-electron chi connectivity index (χ3n) is 6.13. The Morgan fingerprint density at radius 3 is 2.82 bits per heavy atom. The number of thioether (sulfide) groups is 1. The number of aromatic nitrogens is 5. The van der Waals surface area contributed by atoms with Crippen molar-refractivity contribution in [1.82, 2.24) is 24.6 Å². The number of aryl methyl sites for hydroxylation is 1. The zero-order valence-electron chi connectivity index (χ0n) is 19.0. The van der Waals surface area contributed by atoms with Crippen molar-refractivity contribution < 1.29 is 4.79 Å². The van der Waals surface area contributed by atoms with Crippen LogP contribution in [0.4, 0.5) is 5.69 Å². The molecular formula is C25H24N6OS2. The maximum atomic E-state index is 12.4. The fourth-order valence-electron chi connectivity index (χ4n) is 4.72. The normalized spacial score (nSPS) is 13.4. The van der Waals surface area contributed by atoms with Gasteiger partial charge in [-0.15, -0.1) is 21.5 Å². The number of para-hydroxylation sites is 1. The molecule has 0 bridgehead atoms. The van der Waals surface area contributed by atoms with Crippen molar-refractivity contribution in [2.45, 2.75) is 44.7 Å². The van der Waals surface area contributed by atoms with E-state index >= 15 is 0 Å². The smallest absolute Gasteiger partial charge is 0.234 e. The van der Waals surface area contributed by atoms with Gasteiger partial charge in [0, 0.05) is 16.8 Å². The standard InChI is InChI=1S/C25H24N6OS2/c1-14(2)11-18-16-9-6-10-17(16)20-21-22(34-24(20)28-18)23-29-30-25(31(23)13-26-21)33-12-19(32)27-15-7-4-3-5-8-15/h3-5,7-8,13-14H,6,9-12H2,1-2H3,(H,27,32). The van der Waals surface area contributed by atoms with Gasteiger partial charge in [-0.05, 0) is 54.9 Å². The highest BCUT2D eigenvalue weighted by Gasteiger charge is 2.25. The lowest BCUT2D eigenvalue weighted by atomic mass is 9.99. The van der Waals surface area contributed by atoms with Crippen LogP contribution in [0.5, 0.6) is 0 Å². The second kappa shape index (κ2) is 8.63. The van der Waals surface area contributed by atoms with Crippen molar-refractivity contribution in [2.24, 2.45) is 5.92 Å². The number of benzene rings is 1. The number of hydrogen-bond donors (Lipinski definition) is 1. The van der Waals surface area contributed by atoms with Crippen LogP contribution in [0, 0.1) is 5.92 Å². The topological polar surface area (TPSA) is 85.1 Å². The Labute approximate surface area is 205 Å². The summed E-state index contributed by atoms with van der Waals surface area (Å²) in [7, 11) is 0. The predicted molar refractivity (Wildman–Crippen MR) is 138 cm³/mol. The van der Waals surface area contributed by atoms with Gasteiger partial charge in [-0.25, -0.2) is 9.97 Å². The molecule has 9 heteroatoms. The number of carbonyl (C=O) groups excluding carboxylic acids is 1. The highest BCUT2D eigenvalue weighted by Crippen LogP contribution is 2.41. The van der Waals surface area contributed by atoms with E-state index < -0.39 is 0 Å². The van der Waals surface area contributed by atoms with Gasteiger partial charge in [0.15, 0.2) is 10.8 Å². The molecule has 1 aliphatic rings. The average molecular weight is 489 g/mol. The monoisotopic (exact) mass is 488 g/mol. The van der Waals surface area contributed by atoms with E-state index in [1.54, 1.807) is 17.7 Å². The summed E-state index contributed by atoms with van der Waals surface area (Å²) in [4.78, 5) is 23.4. The van der Waals surface area contributed by atoms with Crippen LogP contribution < -0.4 is 5.32 Å². The van der Waals surface area contributed by atoms with Crippen molar-refractivity contribution in [2.75, 3.05) is 11.1 Å². The summed E-state index contributed by atoms with van der Waals surface area (Å²) in [6.07, 6.45) is 6.16. The molecule has 34 heavy (non-hydrogen) atoms. The fourth-order valence-corrected chi connectivity index (χ4v) is 6.58. The molecule has 1 aliphatic carbocycles. The third-order valence-corrected chi connectivity index (χ3v) is 8.14. The molecule has 4 heterocycles. The minimum Gasteiger partial charge on any atom is -0.325 e. The minimum absolute atomic E-state index is 0.0821. The van der Waals surface area contributed by atoms with E-state index in [9.17, 15) is 4.79 Å². The molecule has 0 spiro atoms. The summed E-state index contributed by atoms with van der Waals surface area (Å²) in [6.45, 7) is 4.50. The van der Waals surface area contributed by atoms with Crippen LogP contribution >= 0.6 is 23.1 Å². The summed E-state index contributed by atoms with van der Waals surface area (Å²) in [5, 5.41) is 13.6. The number of thiophene rings is 1. The Morgan fingerprint density at radius 1 is 1.18 bits per heavy atom. The van der Waals surface area contributed by atoms with Crippen molar-refractivity contribution >= 4 is 60.8 Å². The van der Waals surface area contributed by atoms with E-state index in [4.69, 9.17) is 9.97 Å². The number of rotatable bonds is 6. The molecule has 172 valence electrons. The molecule has 0 atom stereocenters. The van der Waals surface area contributed by atoms with Crippen LogP contribution in [0.3, 0.4) is 0 Å². The van der Waals surface area contributed by atoms with Gasteiger partial charge in [-0.2, -0.15) is 0 Å². The van der Waals surface area contributed by atoms with E-state index in [0.29, 0.717) is 11.1 Å². The van der Waals surface area contributed by atoms with Gasteiger partial charge in [0.2, 0.25) is 5.91 Å². The summed E-state index contributed by atoms with van der Waals surface area (Å²) in [6, 6.07) is 9.45. The summed E-state index contributed by atoms with van der Waals surface area (Å²) < 4.78 is 2.89. The number of pyridine rings is 1. The van der Waals surface area contributed by atoms with E-state index in [1.165, 1.54) is 40.4 Å². The van der Waals surface area contributed by atoms with Gasteiger partial charge in [0.25, 0.3) is 0 Å². The number of nitrogens with zero attached hydrogens (tertiary/aromatic N) is 5. The predicted octanol–water partition coefficient (Wildman–Crippen LogP) is 5.31. The van der Waals surface area contributed by atoms with Crippen molar-refractivity contribution in [3.05, 3.63) is 53.5 Å². The fraction of sp³-hybridized carbons (Fsp3) is 0.320. The largest absolute Gasteiger partial charge is 0.325 e. The molecule has 0 radical (unpaired) electrons. The maximum absolute atomic E-state index is 12.4. The minimum atomic E-state index is -0.0821. The zero-order valence-corrected chi connectivity index (χ0v) is 20.7. The first-order valence-electron chi connectivity index (χ1n) is 11.5. The van der Waals surface area contributed by atoms with E-state index in [2.05, 4.69) is 29.4 Å². The summed E-state index contributed by atoms with van der Waals surface area (Å²) in [5.41, 5.74) is 6.64. The first kappa shape index (κ1) is 21.5. The summed E-state index contributed by atoms with van der Waals surface area (Å²) >= 11 is 3.01. The third kappa shape index (κ3) is 3.73. The Balaban J connectivity index is 1.35. The molecule has 0 saturated carbocycles. The number of anilines is 1. The molecule has 1 aromatic carbocycles. The molecule has 6 rings (SSSR count). The number of fused-ring (bicyclic) bond motifs is 7. The average Bonchev–Trinajstić information content (AvgIpc) is 3.54. The van der Waals surface area contributed by atoms with Gasteiger partial charge in [-0.3, -0.25) is 9.20 Å².